The van der Waals surface area contributed by atoms with Gasteiger partial charge in [-0.2, -0.15) is 0 Å². The van der Waals surface area contributed by atoms with Gasteiger partial charge < -0.3 is 14.2 Å². The monoisotopic (exact) mass is 1150 g/mol. The third kappa shape index (κ3) is 67.6. The van der Waals surface area contributed by atoms with Gasteiger partial charge in [0.25, 0.3) is 0 Å². The molecule has 0 amide bonds. The zero-order chi connectivity index (χ0) is 59.2. The van der Waals surface area contributed by atoms with Crippen molar-refractivity contribution in [2.24, 2.45) is 0 Å². The number of hydrogen-bond donors (Lipinski definition) is 0. The third-order valence-electron chi connectivity index (χ3n) is 16.0. The minimum atomic E-state index is -0.775. The molecule has 476 valence electrons. The molecule has 0 spiro atoms. The zero-order valence-electron chi connectivity index (χ0n) is 54.8. The maximum absolute atomic E-state index is 13.0. The summed E-state index contributed by atoms with van der Waals surface area (Å²) in [6.45, 7) is 6.59. The van der Waals surface area contributed by atoms with Crippen molar-refractivity contribution in [3.8, 4) is 0 Å². The topological polar surface area (TPSA) is 78.9 Å². The summed E-state index contributed by atoms with van der Waals surface area (Å²) < 4.78 is 17.0. The van der Waals surface area contributed by atoms with Crippen molar-refractivity contribution in [1.82, 2.24) is 0 Å². The van der Waals surface area contributed by atoms with E-state index >= 15 is 0 Å². The summed E-state index contributed by atoms with van der Waals surface area (Å²) in [5.74, 6) is -0.850. The molecule has 0 bridgehead atoms. The van der Waals surface area contributed by atoms with Crippen LogP contribution in [-0.2, 0) is 28.6 Å². The van der Waals surface area contributed by atoms with Gasteiger partial charge in [-0.05, 0) is 70.6 Å². The molecule has 0 aliphatic rings. The van der Waals surface area contributed by atoms with Crippen molar-refractivity contribution in [2.75, 3.05) is 13.2 Å². The fraction of sp³-hybridized carbons (Fsp3) is 0.803. The summed E-state index contributed by atoms with van der Waals surface area (Å²) >= 11 is 0. The molecule has 0 N–H and O–H groups in total. The highest BCUT2D eigenvalue weighted by molar-refractivity contribution is 5.71. The number of ether oxygens (including phenoxy) is 3. The smallest absolute Gasteiger partial charge is 0.306 e. The molecule has 0 heterocycles. The summed E-state index contributed by atoms with van der Waals surface area (Å²) in [5, 5.41) is 0. The molecule has 0 rings (SSSR count). The maximum Gasteiger partial charge on any atom is 0.306 e. The number of allylic oxidation sites excluding steroid dienone is 12. The Labute approximate surface area is 510 Å². The van der Waals surface area contributed by atoms with E-state index in [0.717, 1.165) is 96.3 Å². The molecular weight excluding hydrogens is 1010 g/mol. The summed E-state index contributed by atoms with van der Waals surface area (Å²) in [5.41, 5.74) is 0. The van der Waals surface area contributed by atoms with Crippen molar-refractivity contribution in [2.45, 2.75) is 380 Å². The van der Waals surface area contributed by atoms with Gasteiger partial charge in [0.05, 0.1) is 0 Å². The van der Waals surface area contributed by atoms with Crippen LogP contribution in [0.3, 0.4) is 0 Å². The van der Waals surface area contributed by atoms with Crippen molar-refractivity contribution < 1.29 is 28.6 Å². The minimum absolute atomic E-state index is 0.0703. The predicted molar refractivity (Wildman–Crippen MR) is 358 cm³/mol. The van der Waals surface area contributed by atoms with Gasteiger partial charge >= 0.3 is 17.9 Å². The van der Waals surface area contributed by atoms with Crippen molar-refractivity contribution in [3.05, 3.63) is 72.9 Å². The Hall–Kier alpha value is -3.15. The fourth-order valence-corrected chi connectivity index (χ4v) is 10.6. The SMILES string of the molecule is CC/C=C\C/C=C\C/C=C\C/C=C\C/C=C\C/C=C\CCCCCCCCCCCCC(=O)OCC(COC(=O)CCCCCCCCCCCCCCC)OC(=O)CCCCCCCCCCCCCCCCCCCCCCCC. The van der Waals surface area contributed by atoms with E-state index in [4.69, 9.17) is 14.2 Å². The average Bonchev–Trinajstić information content (AvgIpc) is 3.47. The van der Waals surface area contributed by atoms with E-state index in [0.29, 0.717) is 19.3 Å². The van der Waals surface area contributed by atoms with Crippen LogP contribution in [0.4, 0.5) is 0 Å². The first-order valence-electron chi connectivity index (χ1n) is 35.9. The summed E-state index contributed by atoms with van der Waals surface area (Å²) in [4.78, 5) is 38.4. The van der Waals surface area contributed by atoms with Gasteiger partial charge in [0.2, 0.25) is 0 Å². The minimum Gasteiger partial charge on any atom is -0.462 e. The molecular formula is C76H136O6. The van der Waals surface area contributed by atoms with Crippen LogP contribution in [0.5, 0.6) is 0 Å². The highest BCUT2D eigenvalue weighted by Crippen LogP contribution is 2.18. The van der Waals surface area contributed by atoms with Gasteiger partial charge in [-0.15, -0.1) is 0 Å². The lowest BCUT2D eigenvalue weighted by atomic mass is 10.0. The number of carbonyl (C=O) groups excluding carboxylic acids is 3. The standard InChI is InChI=1S/C76H136O6/c1-4-7-10-13-16-19-22-25-27-29-31-33-35-36-37-38-39-40-41-43-44-46-48-51-54-57-60-63-66-69-75(78)81-72-73(71-80-74(77)68-65-62-59-56-53-50-24-21-18-15-12-9-6-3)82-76(79)70-67-64-61-58-55-52-49-47-45-42-34-32-30-28-26-23-20-17-14-11-8-5-2/h7,10,16,19,25,27,31,33,36-37,39-40,73H,4-6,8-9,11-15,17-18,20-24,26,28-30,32,34-35,38,41-72H2,1-3H3/b10-7-,19-16-,27-25-,33-31-,37-36-,40-39-. The Kier molecular flexibility index (Phi) is 67.6. The number of carbonyl (C=O) groups is 3. The first-order chi connectivity index (χ1) is 40.5. The normalized spacial score (nSPS) is 12.5. The second-order valence-electron chi connectivity index (χ2n) is 24.1. The second-order valence-corrected chi connectivity index (χ2v) is 24.1. The molecule has 0 aliphatic heterocycles. The molecule has 0 aromatic rings. The quantitative estimate of drug-likeness (QED) is 0.0261. The van der Waals surface area contributed by atoms with E-state index < -0.39 is 6.10 Å². The Morgan fingerprint density at radius 3 is 0.744 bits per heavy atom. The Morgan fingerprint density at radius 2 is 0.476 bits per heavy atom. The largest absolute Gasteiger partial charge is 0.462 e. The van der Waals surface area contributed by atoms with Crippen LogP contribution in [0.15, 0.2) is 72.9 Å². The molecule has 6 nitrogen and oxygen atoms in total. The van der Waals surface area contributed by atoms with E-state index in [1.54, 1.807) is 0 Å². The maximum atomic E-state index is 13.0. The van der Waals surface area contributed by atoms with Gasteiger partial charge in [-0.3, -0.25) is 14.4 Å². The lowest BCUT2D eigenvalue weighted by Gasteiger charge is -2.18. The van der Waals surface area contributed by atoms with Crippen LogP contribution in [0.2, 0.25) is 0 Å². The van der Waals surface area contributed by atoms with Crippen LogP contribution in [0, 0.1) is 0 Å². The first kappa shape index (κ1) is 78.8. The highest BCUT2D eigenvalue weighted by Gasteiger charge is 2.19. The molecule has 0 fully saturated rings. The van der Waals surface area contributed by atoms with Crippen molar-refractivity contribution in [1.29, 1.82) is 0 Å². The van der Waals surface area contributed by atoms with Crippen molar-refractivity contribution >= 4 is 17.9 Å². The summed E-state index contributed by atoms with van der Waals surface area (Å²) in [7, 11) is 0. The summed E-state index contributed by atoms with van der Waals surface area (Å²) in [6.07, 6.45) is 92.1. The molecule has 6 heteroatoms. The van der Waals surface area contributed by atoms with Gasteiger partial charge in [-0.1, -0.05) is 357 Å². The Balaban J connectivity index is 4.25. The molecule has 0 saturated heterocycles. The molecule has 0 aromatic carbocycles. The fourth-order valence-electron chi connectivity index (χ4n) is 10.6. The highest BCUT2D eigenvalue weighted by atomic mass is 16.6. The Morgan fingerprint density at radius 1 is 0.256 bits per heavy atom. The van der Waals surface area contributed by atoms with Crippen LogP contribution >= 0.6 is 0 Å². The van der Waals surface area contributed by atoms with E-state index in [1.807, 2.05) is 0 Å². The van der Waals surface area contributed by atoms with E-state index in [2.05, 4.69) is 93.7 Å². The molecule has 82 heavy (non-hydrogen) atoms. The lowest BCUT2D eigenvalue weighted by Crippen LogP contribution is -2.30. The van der Waals surface area contributed by atoms with E-state index in [-0.39, 0.29) is 31.1 Å². The van der Waals surface area contributed by atoms with Gasteiger partial charge in [-0.25, -0.2) is 0 Å². The predicted octanol–water partition coefficient (Wildman–Crippen LogP) is 24.8. The van der Waals surface area contributed by atoms with Gasteiger partial charge in [0.15, 0.2) is 6.10 Å². The van der Waals surface area contributed by atoms with E-state index in [1.165, 1.54) is 238 Å². The third-order valence-corrected chi connectivity index (χ3v) is 16.0. The Bertz CT molecular complexity index is 1500. The number of hydrogen-bond acceptors (Lipinski definition) is 6. The van der Waals surface area contributed by atoms with Crippen molar-refractivity contribution in [3.63, 3.8) is 0 Å². The average molecular weight is 1150 g/mol. The van der Waals surface area contributed by atoms with Crippen LogP contribution in [0.1, 0.15) is 374 Å². The summed E-state index contributed by atoms with van der Waals surface area (Å²) in [6, 6.07) is 0. The first-order valence-corrected chi connectivity index (χ1v) is 35.9. The molecule has 0 aliphatic carbocycles. The van der Waals surface area contributed by atoms with Gasteiger partial charge in [0.1, 0.15) is 13.2 Å². The lowest BCUT2D eigenvalue weighted by molar-refractivity contribution is -0.167. The molecule has 1 atom stereocenters. The number of unbranched alkanes of at least 4 members (excludes halogenated alkanes) is 43. The number of esters is 3. The molecule has 1 unspecified atom stereocenters. The molecule has 0 saturated carbocycles. The van der Waals surface area contributed by atoms with Crippen LogP contribution < -0.4 is 0 Å². The zero-order valence-corrected chi connectivity index (χ0v) is 54.8. The van der Waals surface area contributed by atoms with Crippen LogP contribution in [-0.4, -0.2) is 37.2 Å². The molecule has 0 aromatic heterocycles. The second kappa shape index (κ2) is 70.3. The molecule has 0 radical (unpaired) electrons. The number of rotatable bonds is 66. The van der Waals surface area contributed by atoms with Crippen LogP contribution in [0.25, 0.3) is 0 Å². The van der Waals surface area contributed by atoms with Gasteiger partial charge in [0, 0.05) is 19.3 Å². The van der Waals surface area contributed by atoms with E-state index in [9.17, 15) is 14.4 Å².